The van der Waals surface area contributed by atoms with Crippen LogP contribution in [0.4, 0.5) is 5.69 Å². The van der Waals surface area contributed by atoms with Gasteiger partial charge in [0.2, 0.25) is 0 Å². The number of ether oxygens (including phenoxy) is 3. The van der Waals surface area contributed by atoms with Crippen molar-refractivity contribution >= 4 is 23.5 Å². The van der Waals surface area contributed by atoms with E-state index in [0.717, 1.165) is 0 Å². The second-order valence-corrected chi connectivity index (χ2v) is 4.54. The molecule has 1 atom stereocenters. The second kappa shape index (κ2) is 6.93. The van der Waals surface area contributed by atoms with Crippen molar-refractivity contribution in [1.29, 1.82) is 0 Å². The Balaban J connectivity index is 2.12. The van der Waals surface area contributed by atoms with E-state index in [-0.39, 0.29) is 19.6 Å². The first-order valence-corrected chi connectivity index (χ1v) is 6.99. The molecule has 7 nitrogen and oxygen atoms in total. The van der Waals surface area contributed by atoms with E-state index in [1.54, 1.807) is 19.9 Å². The summed E-state index contributed by atoms with van der Waals surface area (Å²) in [6.45, 7) is 3.90. The Morgan fingerprint density at radius 3 is 2.64 bits per heavy atom. The summed E-state index contributed by atoms with van der Waals surface area (Å²) in [5.41, 5.74) is 0.684. The summed E-state index contributed by atoms with van der Waals surface area (Å²) in [7, 11) is 0. The van der Waals surface area contributed by atoms with Gasteiger partial charge in [0.1, 0.15) is 5.75 Å². The lowest BCUT2D eigenvalue weighted by Gasteiger charge is -2.25. The molecule has 7 heteroatoms. The molecule has 0 aromatic heterocycles. The van der Waals surface area contributed by atoms with Crippen molar-refractivity contribution < 1.29 is 28.6 Å². The molecule has 0 saturated carbocycles. The van der Waals surface area contributed by atoms with Gasteiger partial charge in [-0.1, -0.05) is 0 Å². The third-order valence-corrected chi connectivity index (χ3v) is 2.97. The summed E-state index contributed by atoms with van der Waals surface area (Å²) >= 11 is 0. The monoisotopic (exact) mass is 307 g/mol. The van der Waals surface area contributed by atoms with Crippen LogP contribution in [-0.2, 0) is 19.1 Å². The van der Waals surface area contributed by atoms with E-state index in [1.807, 2.05) is 0 Å². The number of esters is 2. The minimum absolute atomic E-state index is 0.168. The SMILES string of the molecule is CCOC(=O)C[C@H]1Oc2ccc(C(=O)OCC)cc2NC1=O. The van der Waals surface area contributed by atoms with Gasteiger partial charge in [0, 0.05) is 0 Å². The predicted molar refractivity (Wildman–Crippen MR) is 76.7 cm³/mol. The van der Waals surface area contributed by atoms with Crippen LogP contribution in [0, 0.1) is 0 Å². The minimum Gasteiger partial charge on any atom is -0.478 e. The maximum Gasteiger partial charge on any atom is 0.338 e. The lowest BCUT2D eigenvalue weighted by molar-refractivity contribution is -0.147. The Hall–Kier alpha value is -2.57. The number of carbonyl (C=O) groups excluding carboxylic acids is 3. The van der Waals surface area contributed by atoms with Crippen LogP contribution in [0.5, 0.6) is 5.75 Å². The summed E-state index contributed by atoms with van der Waals surface area (Å²) in [6, 6.07) is 4.57. The van der Waals surface area contributed by atoms with Gasteiger partial charge in [0.15, 0.2) is 6.10 Å². The number of anilines is 1. The van der Waals surface area contributed by atoms with Crippen molar-refractivity contribution in [3.63, 3.8) is 0 Å². The Labute approximate surface area is 127 Å². The number of hydrogen-bond donors (Lipinski definition) is 1. The molecule has 0 spiro atoms. The van der Waals surface area contributed by atoms with Crippen molar-refractivity contribution in [3.05, 3.63) is 23.8 Å². The van der Waals surface area contributed by atoms with Crippen LogP contribution < -0.4 is 10.1 Å². The Bertz CT molecular complexity index is 598. The number of rotatable bonds is 5. The van der Waals surface area contributed by atoms with Crippen molar-refractivity contribution in [2.45, 2.75) is 26.4 Å². The van der Waals surface area contributed by atoms with Crippen LogP contribution in [0.25, 0.3) is 0 Å². The molecule has 1 aromatic carbocycles. The molecule has 0 saturated heterocycles. The van der Waals surface area contributed by atoms with Gasteiger partial charge in [-0.15, -0.1) is 0 Å². The fraction of sp³-hybridized carbons (Fsp3) is 0.400. The summed E-state index contributed by atoms with van der Waals surface area (Å²) in [5, 5.41) is 2.62. The van der Waals surface area contributed by atoms with E-state index in [1.165, 1.54) is 12.1 Å². The third-order valence-electron chi connectivity index (χ3n) is 2.97. The fourth-order valence-electron chi connectivity index (χ4n) is 2.00. The number of fused-ring (bicyclic) bond motifs is 1. The molecule has 1 aliphatic heterocycles. The zero-order valence-corrected chi connectivity index (χ0v) is 12.4. The molecular formula is C15H17NO6. The summed E-state index contributed by atoms with van der Waals surface area (Å²) in [4.78, 5) is 35.0. The second-order valence-electron chi connectivity index (χ2n) is 4.54. The molecule has 0 fully saturated rings. The van der Waals surface area contributed by atoms with Gasteiger partial charge in [-0.25, -0.2) is 4.79 Å². The molecule has 0 aliphatic carbocycles. The molecule has 118 valence electrons. The van der Waals surface area contributed by atoms with E-state index < -0.39 is 23.9 Å². The van der Waals surface area contributed by atoms with E-state index in [2.05, 4.69) is 5.32 Å². The van der Waals surface area contributed by atoms with Crippen molar-refractivity contribution in [3.8, 4) is 5.75 Å². The smallest absolute Gasteiger partial charge is 0.338 e. The molecule has 1 N–H and O–H groups in total. The van der Waals surface area contributed by atoms with E-state index in [4.69, 9.17) is 14.2 Å². The van der Waals surface area contributed by atoms with Crippen LogP contribution in [0.3, 0.4) is 0 Å². The summed E-state index contributed by atoms with van der Waals surface area (Å²) in [6.07, 6.45) is -1.11. The minimum atomic E-state index is -0.944. The van der Waals surface area contributed by atoms with Crippen LogP contribution in [0.1, 0.15) is 30.6 Å². The van der Waals surface area contributed by atoms with Crippen LogP contribution >= 0.6 is 0 Å². The highest BCUT2D eigenvalue weighted by atomic mass is 16.5. The van der Waals surface area contributed by atoms with E-state index in [0.29, 0.717) is 17.0 Å². The van der Waals surface area contributed by atoms with E-state index >= 15 is 0 Å². The number of amides is 1. The highest BCUT2D eigenvalue weighted by Gasteiger charge is 2.30. The normalized spacial score (nSPS) is 16.1. The zero-order chi connectivity index (χ0) is 16.1. The van der Waals surface area contributed by atoms with Gasteiger partial charge >= 0.3 is 11.9 Å². The largest absolute Gasteiger partial charge is 0.478 e. The first kappa shape index (κ1) is 15.8. The molecule has 1 heterocycles. The first-order valence-electron chi connectivity index (χ1n) is 6.99. The highest BCUT2D eigenvalue weighted by molar-refractivity contribution is 6.01. The molecule has 0 radical (unpaired) electrons. The van der Waals surface area contributed by atoms with Crippen molar-refractivity contribution in [2.75, 3.05) is 18.5 Å². The summed E-state index contributed by atoms with van der Waals surface area (Å²) in [5.74, 6) is -1.05. The van der Waals surface area contributed by atoms with Gasteiger partial charge in [0.05, 0.1) is 30.9 Å². The van der Waals surface area contributed by atoms with Gasteiger partial charge in [-0.2, -0.15) is 0 Å². The maximum absolute atomic E-state index is 11.9. The van der Waals surface area contributed by atoms with Crippen molar-refractivity contribution in [1.82, 2.24) is 0 Å². The van der Waals surface area contributed by atoms with E-state index in [9.17, 15) is 14.4 Å². The topological polar surface area (TPSA) is 90.9 Å². The Morgan fingerprint density at radius 1 is 1.23 bits per heavy atom. The molecule has 1 aliphatic rings. The van der Waals surface area contributed by atoms with Gasteiger partial charge in [0.25, 0.3) is 5.91 Å². The van der Waals surface area contributed by atoms with Crippen molar-refractivity contribution in [2.24, 2.45) is 0 Å². The number of carbonyl (C=O) groups is 3. The molecule has 2 rings (SSSR count). The average molecular weight is 307 g/mol. The molecule has 1 amide bonds. The Morgan fingerprint density at radius 2 is 1.95 bits per heavy atom. The molecule has 0 bridgehead atoms. The van der Waals surface area contributed by atoms with Gasteiger partial charge in [-0.3, -0.25) is 9.59 Å². The van der Waals surface area contributed by atoms with Gasteiger partial charge in [-0.05, 0) is 32.0 Å². The van der Waals surface area contributed by atoms with Crippen LogP contribution in [0.15, 0.2) is 18.2 Å². The number of nitrogens with one attached hydrogen (secondary N) is 1. The fourth-order valence-corrected chi connectivity index (χ4v) is 2.00. The number of benzene rings is 1. The van der Waals surface area contributed by atoms with Crippen LogP contribution in [-0.4, -0.2) is 37.2 Å². The number of hydrogen-bond acceptors (Lipinski definition) is 6. The highest BCUT2D eigenvalue weighted by Crippen LogP contribution is 2.31. The third kappa shape index (κ3) is 3.55. The van der Waals surface area contributed by atoms with Crippen LogP contribution in [0.2, 0.25) is 0 Å². The quantitative estimate of drug-likeness (QED) is 0.829. The summed E-state index contributed by atoms with van der Waals surface area (Å²) < 4.78 is 15.2. The molecule has 0 unspecified atom stereocenters. The van der Waals surface area contributed by atoms with Gasteiger partial charge < -0.3 is 19.5 Å². The Kier molecular flexibility index (Phi) is 4.98. The average Bonchev–Trinajstić information content (AvgIpc) is 2.48. The lowest BCUT2D eigenvalue weighted by Crippen LogP contribution is -2.39. The molecule has 1 aromatic rings. The standard InChI is InChI=1S/C15H17NO6/c1-3-20-13(17)8-12-14(18)16-10-7-9(15(19)21-4-2)5-6-11(10)22-12/h5-7,12H,3-4,8H2,1-2H3,(H,16,18)/t12-/m1/s1. The lowest BCUT2D eigenvalue weighted by atomic mass is 10.1. The predicted octanol–water partition coefficient (Wildman–Crippen LogP) is 1.52. The molecule has 22 heavy (non-hydrogen) atoms. The molecular weight excluding hydrogens is 290 g/mol. The first-order chi connectivity index (χ1) is 10.5. The zero-order valence-electron chi connectivity index (χ0n) is 12.4. The maximum atomic E-state index is 11.9.